The maximum atomic E-state index is 11.7. The minimum atomic E-state index is -0.738. The average molecular weight is 319 g/mol. The Balaban J connectivity index is 1.69. The molecule has 0 saturated heterocycles. The Morgan fingerprint density at radius 3 is 2.80 bits per heavy atom. The summed E-state index contributed by atoms with van der Waals surface area (Å²) in [7, 11) is 1.67. The molecule has 0 radical (unpaired) electrons. The van der Waals surface area contributed by atoms with E-state index in [-0.39, 0.29) is 18.2 Å². The summed E-state index contributed by atoms with van der Waals surface area (Å²) in [6, 6.07) is 3.19. The van der Waals surface area contributed by atoms with Crippen LogP contribution in [0.25, 0.3) is 0 Å². The van der Waals surface area contributed by atoms with E-state index in [0.29, 0.717) is 10.9 Å². The number of ether oxygens (including phenoxy) is 1. The number of nitrogens with one attached hydrogen (secondary N) is 2. The van der Waals surface area contributed by atoms with Gasteiger partial charge in [0.25, 0.3) is 0 Å². The third kappa shape index (κ3) is 3.85. The molecular weight excluding hydrogens is 300 g/mol. The standard InChI is InChI=1S/C13H19ClN2O3S/c1-19-13(5-2-6-13)8-16-12(18)15-7-9(17)10-3-4-11(14)20-10/h3-4,9,17H,2,5-8H2,1H3,(H2,15,16,18). The zero-order chi connectivity index (χ0) is 14.6. The van der Waals surface area contributed by atoms with Crippen molar-refractivity contribution in [3.8, 4) is 0 Å². The van der Waals surface area contributed by atoms with Gasteiger partial charge in [0.1, 0.15) is 6.10 Å². The summed E-state index contributed by atoms with van der Waals surface area (Å²) in [5, 5.41) is 15.3. The lowest BCUT2D eigenvalue weighted by atomic mass is 9.80. The fourth-order valence-corrected chi connectivity index (χ4v) is 3.17. The van der Waals surface area contributed by atoms with Crippen molar-refractivity contribution in [2.75, 3.05) is 20.2 Å². The predicted octanol–water partition coefficient (Wildman–Crippen LogP) is 2.30. The van der Waals surface area contributed by atoms with Crippen molar-refractivity contribution < 1.29 is 14.6 Å². The molecule has 1 fully saturated rings. The molecule has 112 valence electrons. The number of rotatable bonds is 6. The van der Waals surface area contributed by atoms with Crippen LogP contribution in [0, 0.1) is 0 Å². The number of halogens is 1. The van der Waals surface area contributed by atoms with Gasteiger partial charge in [0.2, 0.25) is 0 Å². The van der Waals surface area contributed by atoms with E-state index in [1.54, 1.807) is 19.2 Å². The van der Waals surface area contributed by atoms with Crippen molar-refractivity contribution in [1.29, 1.82) is 0 Å². The normalized spacial score (nSPS) is 18.1. The van der Waals surface area contributed by atoms with Gasteiger partial charge >= 0.3 is 6.03 Å². The summed E-state index contributed by atoms with van der Waals surface area (Å²) in [5.74, 6) is 0. The molecule has 1 atom stereocenters. The van der Waals surface area contributed by atoms with E-state index in [1.807, 2.05) is 0 Å². The van der Waals surface area contributed by atoms with Crippen molar-refractivity contribution in [1.82, 2.24) is 10.6 Å². The lowest BCUT2D eigenvalue weighted by Crippen LogP contribution is -2.51. The summed E-state index contributed by atoms with van der Waals surface area (Å²) >= 11 is 7.10. The molecule has 7 heteroatoms. The molecule has 1 heterocycles. The van der Waals surface area contributed by atoms with E-state index in [4.69, 9.17) is 16.3 Å². The third-order valence-electron chi connectivity index (χ3n) is 3.65. The van der Waals surface area contributed by atoms with Gasteiger partial charge in [-0.15, -0.1) is 11.3 Å². The summed E-state index contributed by atoms with van der Waals surface area (Å²) in [4.78, 5) is 12.4. The van der Waals surface area contributed by atoms with Gasteiger partial charge in [-0.05, 0) is 31.4 Å². The van der Waals surface area contributed by atoms with Crippen molar-refractivity contribution in [3.63, 3.8) is 0 Å². The lowest BCUT2D eigenvalue weighted by Gasteiger charge is -2.40. The first kappa shape index (κ1) is 15.6. The number of hydrogen-bond acceptors (Lipinski definition) is 4. The van der Waals surface area contributed by atoms with Crippen LogP contribution < -0.4 is 10.6 Å². The van der Waals surface area contributed by atoms with Gasteiger partial charge in [-0.25, -0.2) is 4.79 Å². The van der Waals surface area contributed by atoms with E-state index in [2.05, 4.69) is 10.6 Å². The fourth-order valence-electron chi connectivity index (χ4n) is 2.13. The largest absolute Gasteiger partial charge is 0.386 e. The Hall–Kier alpha value is -0.820. The molecule has 1 aromatic rings. The van der Waals surface area contributed by atoms with Gasteiger partial charge in [0.05, 0.1) is 16.5 Å². The third-order valence-corrected chi connectivity index (χ3v) is 4.98. The van der Waals surface area contributed by atoms with E-state index in [1.165, 1.54) is 11.3 Å². The van der Waals surface area contributed by atoms with Gasteiger partial charge in [-0.2, -0.15) is 0 Å². The van der Waals surface area contributed by atoms with Crippen LogP contribution in [0.2, 0.25) is 4.34 Å². The highest BCUT2D eigenvalue weighted by molar-refractivity contribution is 7.16. The molecule has 5 nitrogen and oxygen atoms in total. The molecule has 1 aliphatic rings. The molecule has 20 heavy (non-hydrogen) atoms. The minimum Gasteiger partial charge on any atom is -0.386 e. The Kier molecular flexibility index (Phi) is 5.26. The Bertz CT molecular complexity index is 457. The number of aliphatic hydroxyl groups excluding tert-OH is 1. The monoisotopic (exact) mass is 318 g/mol. The topological polar surface area (TPSA) is 70.6 Å². The summed E-state index contributed by atoms with van der Waals surface area (Å²) in [6.45, 7) is 0.652. The van der Waals surface area contributed by atoms with Crippen LogP contribution in [0.15, 0.2) is 12.1 Å². The Labute approximate surface area is 127 Å². The second-order valence-electron chi connectivity index (χ2n) is 4.96. The molecule has 1 saturated carbocycles. The number of amides is 2. The van der Waals surface area contributed by atoms with Crippen LogP contribution in [-0.2, 0) is 4.74 Å². The number of carbonyl (C=O) groups is 1. The van der Waals surface area contributed by atoms with Crippen LogP contribution in [0.3, 0.4) is 0 Å². The molecule has 1 unspecified atom stereocenters. The van der Waals surface area contributed by atoms with Gasteiger partial charge in [0.15, 0.2) is 0 Å². The van der Waals surface area contributed by atoms with Crippen LogP contribution in [0.4, 0.5) is 4.79 Å². The molecule has 0 bridgehead atoms. The second kappa shape index (κ2) is 6.76. The summed E-state index contributed by atoms with van der Waals surface area (Å²) in [6.07, 6.45) is 2.34. The molecule has 2 amide bonds. The molecule has 3 N–H and O–H groups in total. The first-order valence-electron chi connectivity index (χ1n) is 6.55. The van der Waals surface area contributed by atoms with Crippen LogP contribution in [-0.4, -0.2) is 36.9 Å². The number of carbonyl (C=O) groups excluding carboxylic acids is 1. The Morgan fingerprint density at radius 1 is 1.55 bits per heavy atom. The summed E-state index contributed by atoms with van der Waals surface area (Å²) < 4.78 is 6.04. The van der Waals surface area contributed by atoms with Crippen molar-refractivity contribution in [3.05, 3.63) is 21.3 Å². The average Bonchev–Trinajstić information content (AvgIpc) is 2.82. The number of urea groups is 1. The SMILES string of the molecule is COC1(CNC(=O)NCC(O)c2ccc(Cl)s2)CCC1. The number of thiophene rings is 1. The quantitative estimate of drug-likeness (QED) is 0.753. The first-order valence-corrected chi connectivity index (χ1v) is 7.74. The maximum absolute atomic E-state index is 11.7. The lowest BCUT2D eigenvalue weighted by molar-refractivity contribution is -0.0674. The zero-order valence-electron chi connectivity index (χ0n) is 11.3. The molecular formula is C13H19ClN2O3S. The number of aliphatic hydroxyl groups is 1. The Morgan fingerprint density at radius 2 is 2.30 bits per heavy atom. The fraction of sp³-hybridized carbons (Fsp3) is 0.615. The molecule has 1 aromatic heterocycles. The number of hydrogen-bond donors (Lipinski definition) is 3. The molecule has 0 spiro atoms. The highest BCUT2D eigenvalue weighted by Crippen LogP contribution is 2.34. The molecule has 2 rings (SSSR count). The van der Waals surface area contributed by atoms with Gasteiger partial charge in [-0.1, -0.05) is 11.6 Å². The highest BCUT2D eigenvalue weighted by atomic mass is 35.5. The predicted molar refractivity (Wildman–Crippen MR) is 79.3 cm³/mol. The zero-order valence-corrected chi connectivity index (χ0v) is 12.9. The van der Waals surface area contributed by atoms with Crippen molar-refractivity contribution in [2.24, 2.45) is 0 Å². The van der Waals surface area contributed by atoms with Gasteiger partial charge in [-0.3, -0.25) is 0 Å². The van der Waals surface area contributed by atoms with Gasteiger partial charge < -0.3 is 20.5 Å². The molecule has 0 aliphatic heterocycles. The van der Waals surface area contributed by atoms with Crippen LogP contribution >= 0.6 is 22.9 Å². The van der Waals surface area contributed by atoms with Crippen LogP contribution in [0.1, 0.15) is 30.2 Å². The summed E-state index contributed by atoms with van der Waals surface area (Å²) in [5.41, 5.74) is -0.197. The maximum Gasteiger partial charge on any atom is 0.314 e. The smallest absolute Gasteiger partial charge is 0.314 e. The van der Waals surface area contributed by atoms with E-state index < -0.39 is 6.10 Å². The number of methoxy groups -OCH3 is 1. The van der Waals surface area contributed by atoms with Crippen molar-refractivity contribution in [2.45, 2.75) is 31.0 Å². The second-order valence-corrected chi connectivity index (χ2v) is 6.71. The first-order chi connectivity index (χ1) is 9.54. The highest BCUT2D eigenvalue weighted by Gasteiger charge is 2.37. The molecule has 0 aromatic carbocycles. The molecule has 1 aliphatic carbocycles. The van der Waals surface area contributed by atoms with E-state index in [9.17, 15) is 9.90 Å². The van der Waals surface area contributed by atoms with Crippen molar-refractivity contribution >= 4 is 29.0 Å². The van der Waals surface area contributed by atoms with E-state index in [0.717, 1.165) is 24.1 Å². The van der Waals surface area contributed by atoms with E-state index >= 15 is 0 Å². The van der Waals surface area contributed by atoms with Gasteiger partial charge in [0, 0.05) is 18.5 Å². The minimum absolute atomic E-state index is 0.155. The van der Waals surface area contributed by atoms with Crippen LogP contribution in [0.5, 0.6) is 0 Å².